The van der Waals surface area contributed by atoms with Crippen LogP contribution in [-0.4, -0.2) is 29.1 Å². The maximum Gasteiger partial charge on any atom is 0.174 e. The molecule has 0 radical (unpaired) electrons. The quantitative estimate of drug-likeness (QED) is 0.362. The maximum atomic E-state index is 8.89. The molecule has 0 unspecified atom stereocenters. The molecule has 1 aromatic heterocycles. The summed E-state index contributed by atoms with van der Waals surface area (Å²) < 4.78 is 0. The van der Waals surface area contributed by atoms with Crippen molar-refractivity contribution in [1.29, 1.82) is 0 Å². The van der Waals surface area contributed by atoms with E-state index in [2.05, 4.69) is 22.0 Å². The summed E-state index contributed by atoms with van der Waals surface area (Å²) in [6, 6.07) is 1.88. The van der Waals surface area contributed by atoms with Crippen LogP contribution in [0.4, 0.5) is 5.82 Å². The van der Waals surface area contributed by atoms with Gasteiger partial charge in [-0.05, 0) is 37.3 Å². The van der Waals surface area contributed by atoms with Crippen LogP contribution in [0.5, 0.6) is 0 Å². The molecule has 1 aliphatic heterocycles. The van der Waals surface area contributed by atoms with E-state index in [1.165, 1.54) is 0 Å². The second-order valence-electron chi connectivity index (χ2n) is 4.98. The van der Waals surface area contributed by atoms with Crippen LogP contribution in [0.3, 0.4) is 0 Å². The minimum Gasteiger partial charge on any atom is -0.409 e. The number of hydrogen-bond donors (Lipinski definition) is 2. The number of rotatable bonds is 2. The van der Waals surface area contributed by atoms with E-state index < -0.39 is 0 Å². The lowest BCUT2D eigenvalue weighted by Crippen LogP contribution is -2.35. The van der Waals surface area contributed by atoms with Crippen LogP contribution in [0.1, 0.15) is 30.9 Å². The van der Waals surface area contributed by atoms with Crippen LogP contribution < -0.4 is 10.6 Å². The number of nitrogens with zero attached hydrogens (tertiary/aromatic N) is 3. The van der Waals surface area contributed by atoms with Gasteiger partial charge >= 0.3 is 0 Å². The fourth-order valence-corrected chi connectivity index (χ4v) is 2.37. The molecule has 1 saturated heterocycles. The highest BCUT2D eigenvalue weighted by atomic mass is 16.4. The average molecular weight is 248 g/mol. The molecule has 3 N–H and O–H groups in total. The molecule has 0 amide bonds. The Balaban J connectivity index is 2.35. The van der Waals surface area contributed by atoms with Gasteiger partial charge in [0.2, 0.25) is 0 Å². The molecule has 2 heterocycles. The Morgan fingerprint density at radius 3 is 2.78 bits per heavy atom. The maximum absolute atomic E-state index is 8.89. The Bertz CT molecular complexity index is 450. The standard InChI is InChI=1S/C13H20N4O/c1-9-4-7-17(8-5-9)13-11(12(14)16-18)10(2)3-6-15-13/h3,6,9,18H,4-5,7-8H2,1-2H3,(H2,14,16). The van der Waals surface area contributed by atoms with Gasteiger partial charge in [-0.25, -0.2) is 4.98 Å². The summed E-state index contributed by atoms with van der Waals surface area (Å²) in [6.45, 7) is 6.17. The fourth-order valence-electron chi connectivity index (χ4n) is 2.37. The van der Waals surface area contributed by atoms with E-state index in [9.17, 15) is 0 Å². The van der Waals surface area contributed by atoms with Gasteiger partial charge in [-0.15, -0.1) is 0 Å². The second kappa shape index (κ2) is 5.25. The van der Waals surface area contributed by atoms with Gasteiger partial charge in [0.15, 0.2) is 5.84 Å². The third-order valence-corrected chi connectivity index (χ3v) is 3.59. The molecule has 98 valence electrons. The van der Waals surface area contributed by atoms with Crippen LogP contribution in [0.15, 0.2) is 17.4 Å². The first-order valence-corrected chi connectivity index (χ1v) is 6.32. The van der Waals surface area contributed by atoms with E-state index in [4.69, 9.17) is 10.9 Å². The molecule has 5 heteroatoms. The number of nitrogens with two attached hydrogens (primary N) is 1. The third-order valence-electron chi connectivity index (χ3n) is 3.59. The van der Waals surface area contributed by atoms with Crippen molar-refractivity contribution in [2.24, 2.45) is 16.8 Å². The van der Waals surface area contributed by atoms with Crippen molar-refractivity contribution in [3.63, 3.8) is 0 Å². The van der Waals surface area contributed by atoms with Crippen molar-refractivity contribution < 1.29 is 5.21 Å². The molecule has 1 fully saturated rings. The number of amidine groups is 1. The first kappa shape index (κ1) is 12.7. The first-order chi connectivity index (χ1) is 8.63. The van der Waals surface area contributed by atoms with Crippen molar-refractivity contribution in [1.82, 2.24) is 4.98 Å². The molecular weight excluding hydrogens is 228 g/mol. The second-order valence-corrected chi connectivity index (χ2v) is 4.98. The van der Waals surface area contributed by atoms with Crippen LogP contribution in [0.2, 0.25) is 0 Å². The van der Waals surface area contributed by atoms with Crippen LogP contribution in [-0.2, 0) is 0 Å². The molecule has 0 atom stereocenters. The molecule has 0 saturated carbocycles. The van der Waals surface area contributed by atoms with Crippen molar-refractivity contribution in [3.05, 3.63) is 23.4 Å². The number of piperidine rings is 1. The lowest BCUT2D eigenvalue weighted by atomic mass is 9.98. The first-order valence-electron chi connectivity index (χ1n) is 6.32. The Morgan fingerprint density at radius 2 is 2.17 bits per heavy atom. The normalized spacial score (nSPS) is 18.1. The summed E-state index contributed by atoms with van der Waals surface area (Å²) in [5.41, 5.74) is 7.49. The topological polar surface area (TPSA) is 74.7 Å². The summed E-state index contributed by atoms with van der Waals surface area (Å²) >= 11 is 0. The van der Waals surface area contributed by atoms with Gasteiger partial charge < -0.3 is 15.8 Å². The summed E-state index contributed by atoms with van der Waals surface area (Å²) in [5, 5.41) is 12.0. The zero-order valence-electron chi connectivity index (χ0n) is 10.9. The molecule has 1 aromatic rings. The number of hydrogen-bond acceptors (Lipinski definition) is 4. The van der Waals surface area contributed by atoms with E-state index in [-0.39, 0.29) is 5.84 Å². The largest absolute Gasteiger partial charge is 0.409 e. The monoisotopic (exact) mass is 248 g/mol. The Labute approximate surface area is 107 Å². The highest BCUT2D eigenvalue weighted by Gasteiger charge is 2.21. The molecule has 0 aliphatic carbocycles. The molecule has 2 rings (SSSR count). The van der Waals surface area contributed by atoms with Crippen molar-refractivity contribution in [2.75, 3.05) is 18.0 Å². The van der Waals surface area contributed by atoms with Gasteiger partial charge in [0.1, 0.15) is 5.82 Å². The summed E-state index contributed by atoms with van der Waals surface area (Å²) in [5.74, 6) is 1.73. The van der Waals surface area contributed by atoms with Crippen LogP contribution in [0, 0.1) is 12.8 Å². The molecule has 5 nitrogen and oxygen atoms in total. The van der Waals surface area contributed by atoms with E-state index in [0.717, 1.165) is 48.8 Å². The Kier molecular flexibility index (Phi) is 3.69. The average Bonchev–Trinajstić information content (AvgIpc) is 2.38. The van der Waals surface area contributed by atoms with Crippen molar-refractivity contribution in [3.8, 4) is 0 Å². The number of aromatic nitrogens is 1. The SMILES string of the molecule is Cc1ccnc(N2CCC(C)CC2)c1/C(N)=N/O. The Hall–Kier alpha value is -1.78. The Morgan fingerprint density at radius 1 is 1.50 bits per heavy atom. The van der Waals surface area contributed by atoms with Gasteiger partial charge in [0, 0.05) is 19.3 Å². The molecule has 0 spiro atoms. The van der Waals surface area contributed by atoms with E-state index in [1.54, 1.807) is 6.20 Å². The molecule has 0 aromatic carbocycles. The number of oxime groups is 1. The van der Waals surface area contributed by atoms with Gasteiger partial charge in [-0.1, -0.05) is 12.1 Å². The number of anilines is 1. The van der Waals surface area contributed by atoms with Gasteiger partial charge in [0.05, 0.1) is 5.56 Å². The van der Waals surface area contributed by atoms with E-state index >= 15 is 0 Å². The predicted molar refractivity (Wildman–Crippen MR) is 72.1 cm³/mol. The molecular formula is C13H20N4O. The van der Waals surface area contributed by atoms with E-state index in [1.807, 2.05) is 13.0 Å². The summed E-state index contributed by atoms with van der Waals surface area (Å²) in [4.78, 5) is 6.63. The van der Waals surface area contributed by atoms with Crippen molar-refractivity contribution in [2.45, 2.75) is 26.7 Å². The van der Waals surface area contributed by atoms with Gasteiger partial charge in [-0.2, -0.15) is 0 Å². The highest BCUT2D eigenvalue weighted by Crippen LogP contribution is 2.25. The van der Waals surface area contributed by atoms with Gasteiger partial charge in [0.25, 0.3) is 0 Å². The van der Waals surface area contributed by atoms with Crippen LogP contribution in [0.25, 0.3) is 0 Å². The zero-order chi connectivity index (χ0) is 13.1. The minimum atomic E-state index is 0.134. The molecule has 18 heavy (non-hydrogen) atoms. The molecule has 1 aliphatic rings. The summed E-state index contributed by atoms with van der Waals surface area (Å²) in [6.07, 6.45) is 4.09. The van der Waals surface area contributed by atoms with Crippen molar-refractivity contribution >= 4 is 11.7 Å². The smallest absolute Gasteiger partial charge is 0.174 e. The summed E-state index contributed by atoms with van der Waals surface area (Å²) in [7, 11) is 0. The van der Waals surface area contributed by atoms with Gasteiger partial charge in [-0.3, -0.25) is 0 Å². The zero-order valence-corrected chi connectivity index (χ0v) is 10.9. The van der Waals surface area contributed by atoms with Crippen LogP contribution >= 0.6 is 0 Å². The highest BCUT2D eigenvalue weighted by molar-refractivity contribution is 6.02. The lowest BCUT2D eigenvalue weighted by Gasteiger charge is -2.32. The number of pyridine rings is 1. The number of aryl methyl sites for hydroxylation is 1. The minimum absolute atomic E-state index is 0.134. The third kappa shape index (κ3) is 2.39. The van der Waals surface area contributed by atoms with E-state index in [0.29, 0.717) is 0 Å². The fraction of sp³-hybridized carbons (Fsp3) is 0.538. The molecule has 0 bridgehead atoms. The lowest BCUT2D eigenvalue weighted by molar-refractivity contribution is 0.318. The predicted octanol–water partition coefficient (Wildman–Crippen LogP) is 1.72.